The SMILES string of the molecule is O=C(Nc1ccc(F)cc1)c1ccc(N2CCCCC2)cc1. The Morgan fingerprint density at radius 2 is 1.55 bits per heavy atom. The highest BCUT2D eigenvalue weighted by molar-refractivity contribution is 6.04. The van der Waals surface area contributed by atoms with Gasteiger partial charge in [0.1, 0.15) is 5.82 Å². The number of benzene rings is 2. The van der Waals surface area contributed by atoms with E-state index in [0.29, 0.717) is 11.3 Å². The molecule has 0 unspecified atom stereocenters. The summed E-state index contributed by atoms with van der Waals surface area (Å²) in [6.45, 7) is 2.17. The molecular formula is C18H19FN2O. The van der Waals surface area contributed by atoms with Gasteiger partial charge >= 0.3 is 0 Å². The number of nitrogens with one attached hydrogen (secondary N) is 1. The second kappa shape index (κ2) is 6.60. The zero-order valence-corrected chi connectivity index (χ0v) is 12.4. The lowest BCUT2D eigenvalue weighted by Gasteiger charge is -2.28. The lowest BCUT2D eigenvalue weighted by atomic mass is 10.1. The molecular weight excluding hydrogens is 279 g/mol. The van der Waals surface area contributed by atoms with Crippen molar-refractivity contribution in [2.24, 2.45) is 0 Å². The van der Waals surface area contributed by atoms with E-state index in [9.17, 15) is 9.18 Å². The van der Waals surface area contributed by atoms with Gasteiger partial charge in [-0.15, -0.1) is 0 Å². The Morgan fingerprint density at radius 3 is 2.18 bits per heavy atom. The summed E-state index contributed by atoms with van der Waals surface area (Å²) >= 11 is 0. The molecule has 3 rings (SSSR count). The van der Waals surface area contributed by atoms with Crippen LogP contribution >= 0.6 is 0 Å². The van der Waals surface area contributed by atoms with Crippen LogP contribution < -0.4 is 10.2 Å². The van der Waals surface area contributed by atoms with Gasteiger partial charge in [0.05, 0.1) is 0 Å². The van der Waals surface area contributed by atoms with Crippen LogP contribution in [-0.4, -0.2) is 19.0 Å². The Hall–Kier alpha value is -2.36. The van der Waals surface area contributed by atoms with Gasteiger partial charge in [-0.05, 0) is 67.8 Å². The minimum atomic E-state index is -0.316. The third-order valence-corrected chi connectivity index (χ3v) is 3.95. The second-order valence-corrected chi connectivity index (χ2v) is 5.56. The van der Waals surface area contributed by atoms with Gasteiger partial charge in [-0.3, -0.25) is 4.79 Å². The van der Waals surface area contributed by atoms with Gasteiger partial charge < -0.3 is 10.2 Å². The van der Waals surface area contributed by atoms with E-state index in [1.807, 2.05) is 24.3 Å². The van der Waals surface area contributed by atoms with Crippen molar-refractivity contribution in [2.45, 2.75) is 19.3 Å². The fraction of sp³-hybridized carbons (Fsp3) is 0.278. The molecule has 1 aliphatic heterocycles. The fourth-order valence-corrected chi connectivity index (χ4v) is 2.71. The second-order valence-electron chi connectivity index (χ2n) is 5.56. The molecule has 114 valence electrons. The highest BCUT2D eigenvalue weighted by Crippen LogP contribution is 2.20. The molecule has 0 aromatic heterocycles. The molecule has 1 heterocycles. The molecule has 0 bridgehead atoms. The molecule has 0 radical (unpaired) electrons. The quantitative estimate of drug-likeness (QED) is 0.926. The number of hydrogen-bond donors (Lipinski definition) is 1. The van der Waals surface area contributed by atoms with Crippen LogP contribution in [-0.2, 0) is 0 Å². The molecule has 1 saturated heterocycles. The van der Waals surface area contributed by atoms with E-state index in [1.165, 1.54) is 31.4 Å². The van der Waals surface area contributed by atoms with Crippen LogP contribution in [0.15, 0.2) is 48.5 Å². The molecule has 0 saturated carbocycles. The highest BCUT2D eigenvalue weighted by Gasteiger charge is 2.12. The predicted molar refractivity (Wildman–Crippen MR) is 86.9 cm³/mol. The number of anilines is 2. The van der Waals surface area contributed by atoms with Crippen molar-refractivity contribution in [3.8, 4) is 0 Å². The van der Waals surface area contributed by atoms with Crippen molar-refractivity contribution >= 4 is 17.3 Å². The summed E-state index contributed by atoms with van der Waals surface area (Å²) < 4.78 is 12.9. The predicted octanol–water partition coefficient (Wildman–Crippen LogP) is 4.07. The van der Waals surface area contributed by atoms with Crippen LogP contribution in [0.25, 0.3) is 0 Å². The Labute approximate surface area is 129 Å². The van der Waals surface area contributed by atoms with Crippen molar-refractivity contribution < 1.29 is 9.18 Å². The number of carbonyl (C=O) groups excluding carboxylic acids is 1. The van der Waals surface area contributed by atoms with Crippen LogP contribution in [0, 0.1) is 5.82 Å². The molecule has 1 amide bonds. The summed E-state index contributed by atoms with van der Waals surface area (Å²) in [6, 6.07) is 13.4. The Kier molecular flexibility index (Phi) is 4.37. The van der Waals surface area contributed by atoms with E-state index < -0.39 is 0 Å². The zero-order valence-electron chi connectivity index (χ0n) is 12.4. The molecule has 0 aliphatic carbocycles. The number of rotatable bonds is 3. The van der Waals surface area contributed by atoms with E-state index in [4.69, 9.17) is 0 Å². The monoisotopic (exact) mass is 298 g/mol. The maximum atomic E-state index is 12.9. The van der Waals surface area contributed by atoms with E-state index in [2.05, 4.69) is 10.2 Å². The topological polar surface area (TPSA) is 32.3 Å². The van der Waals surface area contributed by atoms with Crippen molar-refractivity contribution in [1.29, 1.82) is 0 Å². The normalized spacial score (nSPS) is 14.7. The fourth-order valence-electron chi connectivity index (χ4n) is 2.71. The van der Waals surface area contributed by atoms with E-state index in [-0.39, 0.29) is 11.7 Å². The van der Waals surface area contributed by atoms with Gasteiger partial charge in [-0.2, -0.15) is 0 Å². The summed E-state index contributed by atoms with van der Waals surface area (Å²) in [5.74, 6) is -0.499. The van der Waals surface area contributed by atoms with Crippen LogP contribution in [0.1, 0.15) is 29.6 Å². The largest absolute Gasteiger partial charge is 0.372 e. The first-order chi connectivity index (χ1) is 10.7. The average Bonchev–Trinajstić information content (AvgIpc) is 2.58. The maximum Gasteiger partial charge on any atom is 0.255 e. The van der Waals surface area contributed by atoms with Crippen LogP contribution in [0.3, 0.4) is 0 Å². The molecule has 2 aromatic rings. The molecule has 0 spiro atoms. The summed E-state index contributed by atoms with van der Waals surface area (Å²) in [7, 11) is 0. The first-order valence-electron chi connectivity index (χ1n) is 7.64. The number of piperidine rings is 1. The Morgan fingerprint density at radius 1 is 0.909 bits per heavy atom. The Bertz CT molecular complexity index is 631. The lowest BCUT2D eigenvalue weighted by Crippen LogP contribution is -2.29. The van der Waals surface area contributed by atoms with Crippen molar-refractivity contribution in [3.05, 3.63) is 59.9 Å². The van der Waals surface area contributed by atoms with Gasteiger partial charge in [0, 0.05) is 30.0 Å². The number of halogens is 1. The summed E-state index contributed by atoms with van der Waals surface area (Å²) in [5, 5.41) is 2.77. The van der Waals surface area contributed by atoms with Gasteiger partial charge in [0.2, 0.25) is 0 Å². The third-order valence-electron chi connectivity index (χ3n) is 3.95. The van der Waals surface area contributed by atoms with Crippen molar-refractivity contribution in [1.82, 2.24) is 0 Å². The first-order valence-corrected chi connectivity index (χ1v) is 7.64. The van der Waals surface area contributed by atoms with Crippen LogP contribution in [0.4, 0.5) is 15.8 Å². The zero-order chi connectivity index (χ0) is 15.4. The first kappa shape index (κ1) is 14.6. The number of hydrogen-bond acceptors (Lipinski definition) is 2. The van der Waals surface area contributed by atoms with Gasteiger partial charge in [-0.1, -0.05) is 0 Å². The van der Waals surface area contributed by atoms with Crippen LogP contribution in [0.5, 0.6) is 0 Å². The van der Waals surface area contributed by atoms with E-state index >= 15 is 0 Å². The van der Waals surface area contributed by atoms with Crippen LogP contribution in [0.2, 0.25) is 0 Å². The molecule has 4 heteroatoms. The van der Waals surface area contributed by atoms with Crippen molar-refractivity contribution in [3.63, 3.8) is 0 Å². The molecule has 2 aromatic carbocycles. The molecule has 1 fully saturated rings. The standard InChI is InChI=1S/C18H19FN2O/c19-15-6-8-16(9-7-15)20-18(22)14-4-10-17(11-5-14)21-12-2-1-3-13-21/h4-11H,1-3,12-13H2,(H,20,22). The Balaban J connectivity index is 1.66. The lowest BCUT2D eigenvalue weighted by molar-refractivity contribution is 0.102. The molecule has 3 nitrogen and oxygen atoms in total. The van der Waals surface area contributed by atoms with Gasteiger partial charge in [0.15, 0.2) is 0 Å². The minimum absolute atomic E-state index is 0.184. The molecule has 22 heavy (non-hydrogen) atoms. The van der Waals surface area contributed by atoms with Crippen molar-refractivity contribution in [2.75, 3.05) is 23.3 Å². The summed E-state index contributed by atoms with van der Waals surface area (Å²) in [5.41, 5.74) is 2.36. The number of nitrogens with zero attached hydrogens (tertiary/aromatic N) is 1. The summed E-state index contributed by atoms with van der Waals surface area (Å²) in [6.07, 6.45) is 3.76. The van der Waals surface area contributed by atoms with E-state index in [1.54, 1.807) is 12.1 Å². The minimum Gasteiger partial charge on any atom is -0.372 e. The van der Waals surface area contributed by atoms with Gasteiger partial charge in [0.25, 0.3) is 5.91 Å². The highest BCUT2D eigenvalue weighted by atomic mass is 19.1. The maximum absolute atomic E-state index is 12.9. The molecule has 0 atom stereocenters. The molecule has 1 aliphatic rings. The number of carbonyl (C=O) groups is 1. The number of amides is 1. The third kappa shape index (κ3) is 3.45. The molecule has 1 N–H and O–H groups in total. The smallest absolute Gasteiger partial charge is 0.255 e. The summed E-state index contributed by atoms with van der Waals surface area (Å²) in [4.78, 5) is 14.5. The van der Waals surface area contributed by atoms with Gasteiger partial charge in [-0.25, -0.2) is 4.39 Å². The van der Waals surface area contributed by atoms with E-state index in [0.717, 1.165) is 18.8 Å². The average molecular weight is 298 g/mol.